The summed E-state index contributed by atoms with van der Waals surface area (Å²) in [5, 5.41) is 12.3. The zero-order chi connectivity index (χ0) is 21.9. The fourth-order valence-electron chi connectivity index (χ4n) is 3.33. The monoisotopic (exact) mass is 413 g/mol. The number of amides is 1. The molecule has 0 bridgehead atoms. The lowest BCUT2D eigenvalue weighted by atomic mass is 9.95. The molecule has 0 aliphatic rings. The summed E-state index contributed by atoms with van der Waals surface area (Å²) in [5.74, 6) is -2.60. The molecule has 6 nitrogen and oxygen atoms in total. The number of tetrazole rings is 1. The van der Waals surface area contributed by atoms with Crippen molar-refractivity contribution >= 4 is 5.91 Å². The first-order chi connectivity index (χ1) is 14.2. The van der Waals surface area contributed by atoms with Crippen LogP contribution in [0, 0.1) is 0 Å². The molecular weight excluding hydrogens is 388 g/mol. The van der Waals surface area contributed by atoms with Gasteiger partial charge < -0.3 is 4.90 Å². The van der Waals surface area contributed by atoms with Gasteiger partial charge >= 0.3 is 0 Å². The average molecular weight is 413 g/mol. The van der Waals surface area contributed by atoms with Crippen molar-refractivity contribution in [3.8, 4) is 11.4 Å². The van der Waals surface area contributed by atoms with Crippen molar-refractivity contribution in [3.63, 3.8) is 0 Å². The molecule has 0 aliphatic carbocycles. The molecule has 0 atom stereocenters. The molecule has 0 saturated carbocycles. The lowest BCUT2D eigenvalue weighted by molar-refractivity contribution is 0.0174. The normalized spacial score (nSPS) is 11.5. The molecular formula is C22H25F2N5O. The van der Waals surface area contributed by atoms with Crippen LogP contribution < -0.4 is 0 Å². The van der Waals surface area contributed by atoms with Crippen molar-refractivity contribution in [3.05, 3.63) is 64.7 Å². The number of hydrogen-bond acceptors (Lipinski definition) is 4. The first kappa shape index (κ1) is 21.5. The minimum atomic E-state index is -2.91. The van der Waals surface area contributed by atoms with Gasteiger partial charge in [-0.1, -0.05) is 24.3 Å². The van der Waals surface area contributed by atoms with E-state index in [2.05, 4.69) is 15.4 Å². The molecule has 3 rings (SSSR count). The fraction of sp³-hybridized carbons (Fsp3) is 0.364. The van der Waals surface area contributed by atoms with Crippen molar-refractivity contribution in [1.29, 1.82) is 0 Å². The molecule has 8 heteroatoms. The van der Waals surface area contributed by atoms with E-state index in [0.717, 1.165) is 18.1 Å². The topological polar surface area (TPSA) is 63.9 Å². The van der Waals surface area contributed by atoms with Crippen LogP contribution in [0.25, 0.3) is 11.4 Å². The Bertz CT molecular complexity index is 1040. The van der Waals surface area contributed by atoms with E-state index in [1.807, 2.05) is 19.9 Å². The van der Waals surface area contributed by atoms with Gasteiger partial charge in [-0.2, -0.15) is 4.80 Å². The Kier molecular flexibility index (Phi) is 6.24. The molecule has 0 spiro atoms. The van der Waals surface area contributed by atoms with Gasteiger partial charge in [0.1, 0.15) is 0 Å². The van der Waals surface area contributed by atoms with E-state index in [9.17, 15) is 13.6 Å². The minimum absolute atomic E-state index is 0.0347. The molecule has 0 fully saturated rings. The van der Waals surface area contributed by atoms with Gasteiger partial charge in [-0.25, -0.2) is 8.78 Å². The number of alkyl halides is 2. The third-order valence-corrected chi connectivity index (χ3v) is 4.99. The molecule has 2 aromatic carbocycles. The molecule has 1 aromatic heterocycles. The molecule has 0 saturated heterocycles. The molecule has 0 radical (unpaired) electrons. The van der Waals surface area contributed by atoms with Crippen LogP contribution >= 0.6 is 0 Å². The summed E-state index contributed by atoms with van der Waals surface area (Å²) in [6.45, 7) is 5.95. The van der Waals surface area contributed by atoms with E-state index in [4.69, 9.17) is 0 Å². The highest BCUT2D eigenvalue weighted by molar-refractivity contribution is 5.95. The van der Waals surface area contributed by atoms with E-state index in [1.165, 1.54) is 16.9 Å². The van der Waals surface area contributed by atoms with E-state index in [-0.39, 0.29) is 11.5 Å². The van der Waals surface area contributed by atoms with Crippen molar-refractivity contribution in [2.24, 2.45) is 7.05 Å². The van der Waals surface area contributed by atoms with Gasteiger partial charge in [-0.3, -0.25) is 4.79 Å². The maximum Gasteiger partial charge on any atom is 0.270 e. The zero-order valence-electron chi connectivity index (χ0n) is 17.6. The number of hydrogen-bond donors (Lipinski definition) is 0. The lowest BCUT2D eigenvalue weighted by Crippen LogP contribution is -2.30. The highest BCUT2D eigenvalue weighted by atomic mass is 19.3. The Morgan fingerprint density at radius 3 is 2.47 bits per heavy atom. The number of aromatic nitrogens is 4. The Morgan fingerprint density at radius 1 is 1.13 bits per heavy atom. The molecule has 30 heavy (non-hydrogen) atoms. The molecule has 1 amide bonds. The van der Waals surface area contributed by atoms with E-state index < -0.39 is 5.92 Å². The van der Waals surface area contributed by atoms with Crippen LogP contribution in [0.4, 0.5) is 8.78 Å². The summed E-state index contributed by atoms with van der Waals surface area (Å²) in [6.07, 6.45) is 0.400. The second-order valence-electron chi connectivity index (χ2n) is 7.22. The van der Waals surface area contributed by atoms with E-state index in [1.54, 1.807) is 36.2 Å². The predicted molar refractivity (Wildman–Crippen MR) is 110 cm³/mol. The van der Waals surface area contributed by atoms with Gasteiger partial charge in [0.15, 0.2) is 0 Å². The summed E-state index contributed by atoms with van der Waals surface area (Å²) in [4.78, 5) is 15.9. The van der Waals surface area contributed by atoms with Crippen LogP contribution in [-0.4, -0.2) is 44.1 Å². The third kappa shape index (κ3) is 4.69. The van der Waals surface area contributed by atoms with Gasteiger partial charge in [0.05, 0.1) is 7.05 Å². The van der Waals surface area contributed by atoms with Crippen LogP contribution in [0.1, 0.15) is 47.8 Å². The largest absolute Gasteiger partial charge is 0.339 e. The van der Waals surface area contributed by atoms with Gasteiger partial charge in [0, 0.05) is 36.7 Å². The average Bonchev–Trinajstić information content (AvgIpc) is 3.15. The second kappa shape index (κ2) is 8.69. The number of nitrogens with zero attached hydrogens (tertiary/aromatic N) is 5. The number of benzene rings is 2. The smallest absolute Gasteiger partial charge is 0.270 e. The Balaban J connectivity index is 2.03. The molecule has 0 aliphatic heterocycles. The highest BCUT2D eigenvalue weighted by Crippen LogP contribution is 2.29. The van der Waals surface area contributed by atoms with Crippen LogP contribution in [0.2, 0.25) is 0 Å². The first-order valence-electron chi connectivity index (χ1n) is 9.86. The minimum Gasteiger partial charge on any atom is -0.339 e. The molecule has 158 valence electrons. The fourth-order valence-corrected chi connectivity index (χ4v) is 3.33. The van der Waals surface area contributed by atoms with Gasteiger partial charge in [0.25, 0.3) is 11.8 Å². The van der Waals surface area contributed by atoms with Gasteiger partial charge in [-0.15, -0.1) is 10.2 Å². The predicted octanol–water partition coefficient (Wildman–Crippen LogP) is 4.06. The number of rotatable bonds is 7. The van der Waals surface area contributed by atoms with Crippen molar-refractivity contribution in [1.82, 2.24) is 25.1 Å². The van der Waals surface area contributed by atoms with Crippen LogP contribution in [-0.2, 0) is 19.4 Å². The highest BCUT2D eigenvalue weighted by Gasteiger charge is 2.24. The quantitative estimate of drug-likeness (QED) is 0.586. The van der Waals surface area contributed by atoms with Crippen LogP contribution in [0.15, 0.2) is 42.5 Å². The maximum atomic E-state index is 13.7. The Hall–Kier alpha value is -3.16. The third-order valence-electron chi connectivity index (χ3n) is 4.99. The number of carbonyl (C=O) groups is 1. The van der Waals surface area contributed by atoms with E-state index >= 15 is 0 Å². The number of carbonyl (C=O) groups excluding carboxylic acids is 1. The number of halogens is 2. The summed E-state index contributed by atoms with van der Waals surface area (Å²) >= 11 is 0. The number of aryl methyl sites for hydroxylation is 1. The molecule has 3 aromatic rings. The summed E-state index contributed by atoms with van der Waals surface area (Å²) in [5.41, 5.74) is 2.72. The standard InChI is InChI=1S/C22H25F2N5O/c1-5-29(6-2)21(30)17-11-10-16(19(14-17)20-25-27-28(4)26-20)12-15-8-7-9-18(13-15)22(3,23)24/h7-11,13-14H,5-6,12H2,1-4H3. The summed E-state index contributed by atoms with van der Waals surface area (Å²) in [6, 6.07) is 11.7. The van der Waals surface area contributed by atoms with Crippen molar-refractivity contribution in [2.75, 3.05) is 13.1 Å². The first-order valence-corrected chi connectivity index (χ1v) is 9.86. The van der Waals surface area contributed by atoms with Gasteiger partial charge in [-0.05, 0) is 54.8 Å². The Morgan fingerprint density at radius 2 is 1.87 bits per heavy atom. The van der Waals surface area contributed by atoms with Crippen LogP contribution in [0.3, 0.4) is 0 Å². The Labute approximate surface area is 174 Å². The second-order valence-corrected chi connectivity index (χ2v) is 7.22. The summed E-state index contributed by atoms with van der Waals surface area (Å²) < 4.78 is 27.5. The zero-order valence-corrected chi connectivity index (χ0v) is 17.6. The molecule has 0 N–H and O–H groups in total. The van der Waals surface area contributed by atoms with Crippen LogP contribution in [0.5, 0.6) is 0 Å². The maximum absolute atomic E-state index is 13.7. The van der Waals surface area contributed by atoms with Crippen molar-refractivity contribution < 1.29 is 13.6 Å². The summed E-state index contributed by atoms with van der Waals surface area (Å²) in [7, 11) is 1.66. The lowest BCUT2D eigenvalue weighted by Gasteiger charge is -2.19. The molecule has 1 heterocycles. The SMILES string of the molecule is CCN(CC)C(=O)c1ccc(Cc2cccc(C(C)(F)F)c2)c(-c2nnn(C)n2)c1. The van der Waals surface area contributed by atoms with Gasteiger partial charge in [0.2, 0.25) is 5.82 Å². The molecule has 0 unspecified atom stereocenters. The van der Waals surface area contributed by atoms with Crippen molar-refractivity contribution in [2.45, 2.75) is 33.1 Å². The van der Waals surface area contributed by atoms with E-state index in [0.29, 0.717) is 36.5 Å².